The summed E-state index contributed by atoms with van der Waals surface area (Å²) in [5.41, 5.74) is 11.3. The van der Waals surface area contributed by atoms with Gasteiger partial charge in [0.2, 0.25) is 0 Å². The maximum atomic E-state index is 9.83. The van der Waals surface area contributed by atoms with E-state index in [1.165, 1.54) is 0 Å². The summed E-state index contributed by atoms with van der Waals surface area (Å²) in [5, 5.41) is 13.7. The van der Waals surface area contributed by atoms with Crippen LogP contribution in [0.15, 0.2) is 65.4 Å². The number of aromatic nitrogens is 1. The van der Waals surface area contributed by atoms with Gasteiger partial charge in [-0.3, -0.25) is 0 Å². The smallest absolute Gasteiger partial charge is 0.189 e. The molecule has 1 saturated carbocycles. The first-order valence-electron chi connectivity index (χ1n) is 8.33. The van der Waals surface area contributed by atoms with Crippen LogP contribution in [0.4, 0.5) is 5.69 Å². The number of rotatable bonds is 4. The summed E-state index contributed by atoms with van der Waals surface area (Å²) in [6.45, 7) is 5.55. The molecule has 0 amide bonds. The van der Waals surface area contributed by atoms with Crippen LogP contribution in [0, 0.1) is 6.92 Å². The number of hydrogen-bond donors (Lipinski definition) is 2. The van der Waals surface area contributed by atoms with Gasteiger partial charge in [0.1, 0.15) is 11.4 Å². The van der Waals surface area contributed by atoms with Crippen LogP contribution in [-0.4, -0.2) is 10.3 Å². The number of anilines is 1. The van der Waals surface area contributed by atoms with E-state index in [1.807, 2.05) is 31.2 Å². The molecule has 1 heterocycles. The molecule has 3 N–H and O–H groups in total. The number of nitrogens with two attached hydrogens (primary N) is 1. The number of aliphatic hydroxyl groups is 1. The Bertz CT molecular complexity index is 933. The van der Waals surface area contributed by atoms with Crippen molar-refractivity contribution >= 4 is 5.69 Å². The van der Waals surface area contributed by atoms with Crippen LogP contribution in [0.2, 0.25) is 0 Å². The molecule has 2 aromatic carbocycles. The summed E-state index contributed by atoms with van der Waals surface area (Å²) in [6.07, 6.45) is 1.93. The molecule has 4 rings (SSSR count). The van der Waals surface area contributed by atoms with Crippen molar-refractivity contribution in [2.75, 3.05) is 5.73 Å². The van der Waals surface area contributed by atoms with Crippen molar-refractivity contribution in [3.8, 4) is 22.5 Å². The first-order chi connectivity index (χ1) is 12.0. The molecule has 0 saturated heterocycles. The lowest BCUT2D eigenvalue weighted by atomic mass is 9.92. The van der Waals surface area contributed by atoms with Crippen LogP contribution in [-0.2, 0) is 5.41 Å². The van der Waals surface area contributed by atoms with E-state index in [4.69, 9.17) is 10.3 Å². The third-order valence-electron chi connectivity index (χ3n) is 5.13. The zero-order valence-corrected chi connectivity index (χ0v) is 14.1. The molecule has 0 radical (unpaired) electrons. The van der Waals surface area contributed by atoms with Crippen LogP contribution in [0.3, 0.4) is 0 Å². The maximum Gasteiger partial charge on any atom is 0.189 e. The van der Waals surface area contributed by atoms with Crippen molar-refractivity contribution in [3.05, 3.63) is 72.1 Å². The Morgan fingerprint density at radius 1 is 1.04 bits per heavy atom. The Kier molecular flexibility index (Phi) is 3.42. The molecular weight excluding hydrogens is 312 g/mol. The van der Waals surface area contributed by atoms with Crippen molar-refractivity contribution < 1.29 is 9.63 Å². The number of benzene rings is 2. The van der Waals surface area contributed by atoms with E-state index in [1.54, 1.807) is 0 Å². The maximum absolute atomic E-state index is 9.83. The van der Waals surface area contributed by atoms with Gasteiger partial charge in [0.15, 0.2) is 5.76 Å². The Labute approximate surface area is 146 Å². The third-order valence-corrected chi connectivity index (χ3v) is 5.13. The van der Waals surface area contributed by atoms with Gasteiger partial charge in [-0.1, -0.05) is 60.3 Å². The second-order valence-electron chi connectivity index (χ2n) is 6.69. The molecule has 0 unspecified atom stereocenters. The van der Waals surface area contributed by atoms with E-state index >= 15 is 0 Å². The summed E-state index contributed by atoms with van der Waals surface area (Å²) < 4.78 is 5.30. The highest BCUT2D eigenvalue weighted by Crippen LogP contribution is 2.52. The van der Waals surface area contributed by atoms with Crippen LogP contribution < -0.4 is 5.73 Å². The minimum absolute atomic E-state index is 0.218. The molecule has 1 aliphatic rings. The number of nitrogen functional groups attached to an aromatic ring is 1. The van der Waals surface area contributed by atoms with Gasteiger partial charge in [-0.05, 0) is 36.5 Å². The molecule has 4 nitrogen and oxygen atoms in total. The summed E-state index contributed by atoms with van der Waals surface area (Å²) in [7, 11) is 0. The second kappa shape index (κ2) is 5.52. The quantitative estimate of drug-likeness (QED) is 0.659. The molecule has 0 atom stereocenters. The fourth-order valence-electron chi connectivity index (χ4n) is 3.25. The van der Waals surface area contributed by atoms with E-state index in [2.05, 4.69) is 36.0 Å². The van der Waals surface area contributed by atoms with Gasteiger partial charge >= 0.3 is 0 Å². The monoisotopic (exact) mass is 332 g/mol. The number of nitrogens with zero attached hydrogens (tertiary/aromatic N) is 1. The lowest BCUT2D eigenvalue weighted by Gasteiger charge is -2.14. The largest absolute Gasteiger partial charge is 0.512 e. The van der Waals surface area contributed by atoms with Gasteiger partial charge in [0.05, 0.1) is 11.2 Å². The van der Waals surface area contributed by atoms with Gasteiger partial charge in [0, 0.05) is 5.56 Å². The molecule has 126 valence electrons. The lowest BCUT2D eigenvalue weighted by Crippen LogP contribution is -2.08. The zero-order valence-electron chi connectivity index (χ0n) is 14.1. The molecule has 25 heavy (non-hydrogen) atoms. The molecule has 0 spiro atoms. The Morgan fingerprint density at radius 2 is 1.56 bits per heavy atom. The lowest BCUT2D eigenvalue weighted by molar-refractivity contribution is 0.362. The van der Waals surface area contributed by atoms with Gasteiger partial charge in [0.25, 0.3) is 0 Å². The number of allylic oxidation sites excluding steroid dienone is 1. The zero-order chi connectivity index (χ0) is 17.6. The summed E-state index contributed by atoms with van der Waals surface area (Å²) in [4.78, 5) is 0. The average Bonchev–Trinajstić information content (AvgIpc) is 3.38. The standard InChI is InChI=1S/C21H20N2O2/c1-13-19(22)20(25-23-13)17-5-3-15(4-6-17)16-7-9-18(10-8-16)21(11-12-21)14(2)24/h3-10,24H,2,11-12,22H2,1H3. The molecule has 4 heteroatoms. The van der Waals surface area contributed by atoms with Crippen molar-refractivity contribution in [2.45, 2.75) is 25.2 Å². The molecule has 1 aliphatic carbocycles. The third kappa shape index (κ3) is 2.50. The average molecular weight is 332 g/mol. The van der Waals surface area contributed by atoms with E-state index < -0.39 is 0 Å². The highest BCUT2D eigenvalue weighted by Gasteiger charge is 2.47. The van der Waals surface area contributed by atoms with Gasteiger partial charge in [-0.25, -0.2) is 0 Å². The second-order valence-corrected chi connectivity index (χ2v) is 6.69. The molecule has 0 aliphatic heterocycles. The molecule has 3 aromatic rings. The summed E-state index contributed by atoms with van der Waals surface area (Å²) in [6, 6.07) is 16.4. The summed E-state index contributed by atoms with van der Waals surface area (Å²) in [5.74, 6) is 0.876. The van der Waals surface area contributed by atoms with Crippen molar-refractivity contribution in [3.63, 3.8) is 0 Å². The minimum Gasteiger partial charge on any atom is -0.512 e. The predicted octanol–water partition coefficient (Wildman–Crippen LogP) is 5.00. The van der Waals surface area contributed by atoms with Crippen LogP contribution in [0.5, 0.6) is 0 Å². The Morgan fingerprint density at radius 3 is 2.00 bits per heavy atom. The van der Waals surface area contributed by atoms with Crippen LogP contribution >= 0.6 is 0 Å². The Hall–Kier alpha value is -3.01. The van der Waals surface area contributed by atoms with Gasteiger partial charge in [-0.15, -0.1) is 0 Å². The van der Waals surface area contributed by atoms with Crippen molar-refractivity contribution in [2.24, 2.45) is 0 Å². The molecule has 0 bridgehead atoms. The normalized spacial score (nSPS) is 15.1. The topological polar surface area (TPSA) is 72.3 Å². The van der Waals surface area contributed by atoms with Crippen molar-refractivity contribution in [1.82, 2.24) is 5.16 Å². The van der Waals surface area contributed by atoms with E-state index in [0.717, 1.165) is 35.1 Å². The highest BCUT2D eigenvalue weighted by atomic mass is 16.5. The minimum atomic E-state index is -0.218. The number of hydrogen-bond acceptors (Lipinski definition) is 4. The number of aryl methyl sites for hydroxylation is 1. The van der Waals surface area contributed by atoms with E-state index in [9.17, 15) is 5.11 Å². The first-order valence-corrected chi connectivity index (χ1v) is 8.33. The first kappa shape index (κ1) is 15.5. The van der Waals surface area contributed by atoms with Gasteiger partial charge < -0.3 is 15.4 Å². The molecule has 1 aromatic heterocycles. The van der Waals surface area contributed by atoms with Crippen molar-refractivity contribution in [1.29, 1.82) is 0 Å². The SMILES string of the molecule is C=C(O)C1(c2ccc(-c3ccc(-c4onc(C)c4N)cc3)cc2)CC1. The molecular formula is C21H20N2O2. The fourth-order valence-corrected chi connectivity index (χ4v) is 3.25. The number of aliphatic hydroxyl groups excluding tert-OH is 1. The Balaban J connectivity index is 1.60. The van der Waals surface area contributed by atoms with E-state index in [-0.39, 0.29) is 11.2 Å². The highest BCUT2D eigenvalue weighted by molar-refractivity contribution is 5.75. The fraction of sp³-hybridized carbons (Fsp3) is 0.190. The van der Waals surface area contributed by atoms with Crippen LogP contribution in [0.1, 0.15) is 24.1 Å². The molecule has 1 fully saturated rings. The van der Waals surface area contributed by atoms with Crippen LogP contribution in [0.25, 0.3) is 22.5 Å². The van der Waals surface area contributed by atoms with Gasteiger partial charge in [-0.2, -0.15) is 0 Å². The summed E-state index contributed by atoms with van der Waals surface area (Å²) >= 11 is 0. The predicted molar refractivity (Wildman–Crippen MR) is 99.2 cm³/mol. The van der Waals surface area contributed by atoms with E-state index in [0.29, 0.717) is 17.1 Å².